The molecule has 0 bridgehead atoms. The number of hydrogen-bond acceptors (Lipinski definition) is 8. The number of amides is 3. The van der Waals surface area contributed by atoms with Gasteiger partial charge < -0.3 is 25.6 Å². The van der Waals surface area contributed by atoms with Crippen LogP contribution >= 0.6 is 11.3 Å². The molecule has 0 unspecified atom stereocenters. The summed E-state index contributed by atoms with van der Waals surface area (Å²) < 4.78 is 5.48. The Morgan fingerprint density at radius 1 is 1.12 bits per heavy atom. The molecule has 40 heavy (non-hydrogen) atoms. The van der Waals surface area contributed by atoms with Crippen LogP contribution in [0.25, 0.3) is 11.3 Å². The van der Waals surface area contributed by atoms with Gasteiger partial charge in [-0.15, -0.1) is 11.3 Å². The number of benzene rings is 1. The van der Waals surface area contributed by atoms with Gasteiger partial charge in [0.1, 0.15) is 17.7 Å². The zero-order valence-corrected chi connectivity index (χ0v) is 24.2. The lowest BCUT2D eigenvalue weighted by Crippen LogP contribution is -2.59. The van der Waals surface area contributed by atoms with E-state index in [4.69, 9.17) is 15.0 Å². The number of likely N-dealkylation sites (tertiary alicyclic amines) is 1. The van der Waals surface area contributed by atoms with Crippen molar-refractivity contribution < 1.29 is 19.1 Å². The fourth-order valence-electron chi connectivity index (χ4n) is 5.12. The van der Waals surface area contributed by atoms with E-state index in [1.165, 1.54) is 11.3 Å². The fourth-order valence-corrected chi connectivity index (χ4v) is 5.91. The molecule has 10 nitrogen and oxygen atoms in total. The van der Waals surface area contributed by atoms with Gasteiger partial charge in [-0.3, -0.25) is 9.59 Å². The van der Waals surface area contributed by atoms with Gasteiger partial charge in [-0.05, 0) is 58.6 Å². The standard InChI is InChI=1S/C29H38N6O4S/c1-28(2,3)39-27(38)35-17-11-22(12-18-35)32-26-33-23(19-40-26)20-7-9-21(10-8-20)24(36)34-29(13-5-4-6-14-29)25(37)31-16-15-30/h7-10,19,22H,4-6,11-14,16-18H2,1-3H3,(H,31,37)(H,32,33)(H,34,36). The third-order valence-corrected chi connectivity index (χ3v) is 8.02. The van der Waals surface area contributed by atoms with E-state index in [1.807, 2.05) is 44.4 Å². The Hall–Kier alpha value is -3.65. The van der Waals surface area contributed by atoms with Crippen LogP contribution in [0, 0.1) is 11.3 Å². The summed E-state index contributed by atoms with van der Waals surface area (Å²) in [5, 5.41) is 20.7. The molecule has 1 aliphatic heterocycles. The third kappa shape index (κ3) is 7.50. The predicted octanol–water partition coefficient (Wildman–Crippen LogP) is 4.69. The molecule has 1 saturated carbocycles. The fraction of sp³-hybridized carbons (Fsp3) is 0.552. The molecular weight excluding hydrogens is 528 g/mol. The van der Waals surface area contributed by atoms with Crippen LogP contribution in [0.15, 0.2) is 29.6 Å². The SMILES string of the molecule is CC(C)(C)OC(=O)N1CCC(Nc2nc(-c3ccc(C(=O)NC4(C(=O)NCC#N)CCCCC4)cc3)cs2)CC1. The maximum atomic E-state index is 13.1. The number of rotatable bonds is 7. The number of hydrogen-bond donors (Lipinski definition) is 3. The van der Waals surface area contributed by atoms with E-state index in [0.29, 0.717) is 31.5 Å². The highest BCUT2D eigenvalue weighted by Crippen LogP contribution is 2.30. The number of ether oxygens (including phenoxy) is 1. The van der Waals surface area contributed by atoms with Crippen LogP contribution < -0.4 is 16.0 Å². The number of nitrogens with one attached hydrogen (secondary N) is 3. The summed E-state index contributed by atoms with van der Waals surface area (Å²) in [6.45, 7) is 6.80. The van der Waals surface area contributed by atoms with E-state index in [9.17, 15) is 14.4 Å². The van der Waals surface area contributed by atoms with Crippen molar-refractivity contribution in [1.82, 2.24) is 20.5 Å². The first-order chi connectivity index (χ1) is 19.1. The van der Waals surface area contributed by atoms with Gasteiger partial charge in [-0.1, -0.05) is 31.4 Å². The van der Waals surface area contributed by atoms with E-state index < -0.39 is 11.1 Å². The maximum absolute atomic E-state index is 13.1. The monoisotopic (exact) mass is 566 g/mol. The number of nitrogens with zero attached hydrogens (tertiary/aromatic N) is 3. The molecule has 214 valence electrons. The van der Waals surface area contributed by atoms with Gasteiger partial charge in [0.25, 0.3) is 5.91 Å². The van der Waals surface area contributed by atoms with Crippen LogP contribution in [0.5, 0.6) is 0 Å². The van der Waals surface area contributed by atoms with Gasteiger partial charge in [-0.2, -0.15) is 5.26 Å². The molecule has 0 spiro atoms. The summed E-state index contributed by atoms with van der Waals surface area (Å²) >= 11 is 1.52. The Kier molecular flexibility index (Phi) is 9.30. The van der Waals surface area contributed by atoms with E-state index in [1.54, 1.807) is 17.0 Å². The Bertz CT molecular complexity index is 1230. The summed E-state index contributed by atoms with van der Waals surface area (Å²) in [6.07, 6.45) is 5.20. The molecule has 2 aromatic rings. The highest BCUT2D eigenvalue weighted by Gasteiger charge is 2.40. The summed E-state index contributed by atoms with van der Waals surface area (Å²) in [6, 6.07) is 9.35. The van der Waals surface area contributed by atoms with Crippen molar-refractivity contribution in [2.24, 2.45) is 0 Å². The Labute approximate surface area is 239 Å². The Morgan fingerprint density at radius 3 is 2.42 bits per heavy atom. The van der Waals surface area contributed by atoms with Gasteiger partial charge in [0.2, 0.25) is 5.91 Å². The second kappa shape index (κ2) is 12.7. The van der Waals surface area contributed by atoms with Crippen molar-refractivity contribution >= 4 is 34.4 Å². The first kappa shape index (κ1) is 29.3. The number of piperidine rings is 1. The van der Waals surface area contributed by atoms with Crippen LogP contribution in [0.4, 0.5) is 9.93 Å². The number of carbonyl (C=O) groups excluding carboxylic acids is 3. The number of aromatic nitrogens is 1. The van der Waals surface area contributed by atoms with E-state index in [-0.39, 0.29) is 30.5 Å². The van der Waals surface area contributed by atoms with Gasteiger partial charge in [-0.25, -0.2) is 9.78 Å². The molecule has 0 atom stereocenters. The zero-order chi connectivity index (χ0) is 28.8. The lowest BCUT2D eigenvalue weighted by atomic mass is 9.80. The summed E-state index contributed by atoms with van der Waals surface area (Å²) in [4.78, 5) is 44.7. The van der Waals surface area contributed by atoms with E-state index in [2.05, 4.69) is 16.0 Å². The molecule has 4 rings (SSSR count). The predicted molar refractivity (Wildman–Crippen MR) is 154 cm³/mol. The Balaban J connectivity index is 1.32. The number of nitriles is 1. The molecule has 2 heterocycles. The first-order valence-corrected chi connectivity index (χ1v) is 14.7. The van der Waals surface area contributed by atoms with Crippen molar-refractivity contribution in [2.45, 2.75) is 82.9 Å². The molecule has 1 saturated heterocycles. The van der Waals surface area contributed by atoms with Crippen LogP contribution in [-0.2, 0) is 9.53 Å². The average molecular weight is 567 g/mol. The quantitative estimate of drug-likeness (QED) is 0.414. The lowest BCUT2D eigenvalue weighted by molar-refractivity contribution is -0.128. The molecule has 11 heteroatoms. The van der Waals surface area contributed by atoms with Crippen molar-refractivity contribution in [2.75, 3.05) is 25.0 Å². The van der Waals surface area contributed by atoms with Gasteiger partial charge in [0.15, 0.2) is 5.13 Å². The third-order valence-electron chi connectivity index (χ3n) is 7.24. The van der Waals surface area contributed by atoms with Gasteiger partial charge in [0, 0.05) is 35.6 Å². The van der Waals surface area contributed by atoms with Crippen molar-refractivity contribution in [3.8, 4) is 17.3 Å². The molecule has 2 fully saturated rings. The molecule has 0 radical (unpaired) electrons. The molecular formula is C29H38N6O4S. The highest BCUT2D eigenvalue weighted by molar-refractivity contribution is 7.14. The van der Waals surface area contributed by atoms with E-state index >= 15 is 0 Å². The first-order valence-electron chi connectivity index (χ1n) is 13.9. The van der Waals surface area contributed by atoms with Gasteiger partial charge in [0.05, 0.1) is 11.8 Å². The minimum Gasteiger partial charge on any atom is -0.444 e. The topological polar surface area (TPSA) is 136 Å². The summed E-state index contributed by atoms with van der Waals surface area (Å²) in [7, 11) is 0. The highest BCUT2D eigenvalue weighted by atomic mass is 32.1. The molecule has 1 aliphatic carbocycles. The maximum Gasteiger partial charge on any atom is 0.410 e. The number of anilines is 1. The smallest absolute Gasteiger partial charge is 0.410 e. The van der Waals surface area contributed by atoms with Crippen molar-refractivity contribution in [1.29, 1.82) is 5.26 Å². The molecule has 3 amide bonds. The largest absolute Gasteiger partial charge is 0.444 e. The average Bonchev–Trinajstić information content (AvgIpc) is 3.40. The summed E-state index contributed by atoms with van der Waals surface area (Å²) in [5.74, 6) is -0.601. The number of thiazole rings is 1. The van der Waals surface area contributed by atoms with Crippen LogP contribution in [0.1, 0.15) is 76.1 Å². The van der Waals surface area contributed by atoms with Crippen molar-refractivity contribution in [3.05, 3.63) is 35.2 Å². The van der Waals surface area contributed by atoms with Crippen LogP contribution in [0.2, 0.25) is 0 Å². The summed E-state index contributed by atoms with van der Waals surface area (Å²) in [5.41, 5.74) is 0.679. The van der Waals surface area contributed by atoms with Crippen molar-refractivity contribution in [3.63, 3.8) is 0 Å². The Morgan fingerprint density at radius 2 is 1.80 bits per heavy atom. The number of carbonyl (C=O) groups is 3. The lowest BCUT2D eigenvalue weighted by Gasteiger charge is -2.36. The second-order valence-corrected chi connectivity index (χ2v) is 12.3. The normalized spacial score (nSPS) is 17.4. The van der Waals surface area contributed by atoms with Crippen LogP contribution in [-0.4, -0.2) is 64.6 Å². The van der Waals surface area contributed by atoms with Gasteiger partial charge >= 0.3 is 6.09 Å². The second-order valence-electron chi connectivity index (χ2n) is 11.4. The molecule has 3 N–H and O–H groups in total. The molecule has 1 aromatic heterocycles. The molecule has 2 aliphatic rings. The zero-order valence-electron chi connectivity index (χ0n) is 23.4. The van der Waals surface area contributed by atoms with Crippen LogP contribution in [0.3, 0.4) is 0 Å². The molecule has 1 aromatic carbocycles. The van der Waals surface area contributed by atoms with E-state index in [0.717, 1.165) is 48.5 Å². The minimum atomic E-state index is -0.983. The minimum absolute atomic E-state index is 0.0824.